The zero-order valence-corrected chi connectivity index (χ0v) is 16.6. The third-order valence-corrected chi connectivity index (χ3v) is 5.03. The van der Waals surface area contributed by atoms with Crippen molar-refractivity contribution in [3.05, 3.63) is 82.4 Å². The predicted octanol–water partition coefficient (Wildman–Crippen LogP) is 6.13. The van der Waals surface area contributed by atoms with E-state index in [1.54, 1.807) is 0 Å². The normalized spacial score (nSPS) is 11.4. The molecule has 1 heterocycles. The molecule has 0 amide bonds. The van der Waals surface area contributed by atoms with Gasteiger partial charge in [0.25, 0.3) is 0 Å². The number of halogens is 1. The molecule has 3 aromatic rings. The SMILES string of the molecule is Cc1c(-c2ccc(C#N)cc2)c(C)n(Cc2ccc(F)cc2)c1C(C)(C)C. The second-order valence-corrected chi connectivity index (χ2v) is 8.09. The number of aromatic nitrogens is 1. The van der Waals surface area contributed by atoms with E-state index in [1.165, 1.54) is 34.6 Å². The molecule has 3 rings (SSSR count). The Kier molecular flexibility index (Phi) is 4.93. The molecule has 0 N–H and O–H groups in total. The van der Waals surface area contributed by atoms with Crippen molar-refractivity contribution in [2.75, 3.05) is 0 Å². The molecule has 0 saturated heterocycles. The molecule has 138 valence electrons. The minimum absolute atomic E-state index is 0.0281. The molecule has 2 aromatic carbocycles. The maximum Gasteiger partial charge on any atom is 0.123 e. The lowest BCUT2D eigenvalue weighted by Crippen LogP contribution is -2.20. The number of benzene rings is 2. The van der Waals surface area contributed by atoms with Crippen LogP contribution in [0.5, 0.6) is 0 Å². The molecule has 3 heteroatoms. The van der Waals surface area contributed by atoms with E-state index < -0.39 is 0 Å². The van der Waals surface area contributed by atoms with Crippen LogP contribution in [-0.2, 0) is 12.0 Å². The minimum atomic E-state index is -0.214. The van der Waals surface area contributed by atoms with Gasteiger partial charge < -0.3 is 4.57 Å². The van der Waals surface area contributed by atoms with E-state index in [1.807, 2.05) is 36.4 Å². The van der Waals surface area contributed by atoms with Crippen LogP contribution in [0, 0.1) is 31.0 Å². The standard InChI is InChI=1S/C24H25FN2/c1-16-22(20-10-6-18(14-26)7-11-20)17(2)27(23(16)24(3,4)5)15-19-8-12-21(25)13-9-19/h6-13H,15H2,1-5H3. The van der Waals surface area contributed by atoms with Crippen LogP contribution in [0.1, 0.15) is 48.8 Å². The van der Waals surface area contributed by atoms with Gasteiger partial charge in [0.1, 0.15) is 5.82 Å². The highest BCUT2D eigenvalue weighted by atomic mass is 19.1. The molecule has 0 saturated carbocycles. The van der Waals surface area contributed by atoms with Gasteiger partial charge in [0, 0.05) is 28.9 Å². The predicted molar refractivity (Wildman–Crippen MR) is 108 cm³/mol. The van der Waals surface area contributed by atoms with Crippen LogP contribution in [0.2, 0.25) is 0 Å². The van der Waals surface area contributed by atoms with Gasteiger partial charge in [-0.2, -0.15) is 5.26 Å². The van der Waals surface area contributed by atoms with Crippen molar-refractivity contribution in [3.8, 4) is 17.2 Å². The summed E-state index contributed by atoms with van der Waals surface area (Å²) < 4.78 is 15.6. The largest absolute Gasteiger partial charge is 0.343 e. The van der Waals surface area contributed by atoms with Crippen LogP contribution < -0.4 is 0 Å². The zero-order chi connectivity index (χ0) is 19.8. The summed E-state index contributed by atoms with van der Waals surface area (Å²) >= 11 is 0. The molecule has 0 fully saturated rings. The first-order valence-electron chi connectivity index (χ1n) is 9.17. The fraction of sp³-hybridized carbons (Fsp3) is 0.292. The molecular weight excluding hydrogens is 335 g/mol. The fourth-order valence-electron chi connectivity index (χ4n) is 3.97. The maximum absolute atomic E-state index is 13.3. The van der Waals surface area contributed by atoms with Gasteiger partial charge in [0.2, 0.25) is 0 Å². The molecule has 0 unspecified atom stereocenters. The lowest BCUT2D eigenvalue weighted by atomic mass is 9.87. The maximum atomic E-state index is 13.3. The Bertz CT molecular complexity index is 995. The molecular formula is C24H25FN2. The van der Waals surface area contributed by atoms with Crippen LogP contribution in [0.4, 0.5) is 4.39 Å². The summed E-state index contributed by atoms with van der Waals surface area (Å²) in [5.41, 5.74) is 7.77. The van der Waals surface area contributed by atoms with E-state index in [-0.39, 0.29) is 11.2 Å². The van der Waals surface area contributed by atoms with Crippen molar-refractivity contribution in [2.24, 2.45) is 0 Å². The smallest absolute Gasteiger partial charge is 0.123 e. The Hall–Kier alpha value is -2.86. The van der Waals surface area contributed by atoms with E-state index in [4.69, 9.17) is 5.26 Å². The van der Waals surface area contributed by atoms with Crippen molar-refractivity contribution in [1.82, 2.24) is 4.57 Å². The lowest BCUT2D eigenvalue weighted by Gasteiger charge is -2.24. The van der Waals surface area contributed by atoms with Crippen molar-refractivity contribution < 1.29 is 4.39 Å². The quantitative estimate of drug-likeness (QED) is 0.552. The van der Waals surface area contributed by atoms with Gasteiger partial charge in [-0.3, -0.25) is 0 Å². The van der Waals surface area contributed by atoms with Crippen LogP contribution in [0.3, 0.4) is 0 Å². The van der Waals surface area contributed by atoms with Gasteiger partial charge in [0.05, 0.1) is 11.6 Å². The highest BCUT2D eigenvalue weighted by Gasteiger charge is 2.27. The molecule has 0 radical (unpaired) electrons. The summed E-state index contributed by atoms with van der Waals surface area (Å²) in [5, 5.41) is 9.07. The molecule has 0 aliphatic carbocycles. The Morgan fingerprint density at radius 2 is 1.56 bits per heavy atom. The Morgan fingerprint density at radius 1 is 0.963 bits per heavy atom. The van der Waals surface area contributed by atoms with Gasteiger partial charge >= 0.3 is 0 Å². The first kappa shape index (κ1) is 18.9. The minimum Gasteiger partial charge on any atom is -0.343 e. The molecule has 27 heavy (non-hydrogen) atoms. The highest BCUT2D eigenvalue weighted by molar-refractivity contribution is 5.73. The molecule has 0 atom stereocenters. The molecule has 0 bridgehead atoms. The molecule has 0 spiro atoms. The molecule has 0 aliphatic heterocycles. The highest BCUT2D eigenvalue weighted by Crippen LogP contribution is 2.38. The number of rotatable bonds is 3. The Labute approximate surface area is 160 Å². The second kappa shape index (κ2) is 7.04. The summed E-state index contributed by atoms with van der Waals surface area (Å²) in [6.45, 7) is 11.7. The molecule has 1 aromatic heterocycles. The van der Waals surface area contributed by atoms with E-state index in [0.717, 1.165) is 11.1 Å². The monoisotopic (exact) mass is 360 g/mol. The summed E-state index contributed by atoms with van der Waals surface area (Å²) in [7, 11) is 0. The first-order chi connectivity index (χ1) is 12.7. The fourth-order valence-corrected chi connectivity index (χ4v) is 3.97. The Morgan fingerprint density at radius 3 is 2.07 bits per heavy atom. The summed E-state index contributed by atoms with van der Waals surface area (Å²) in [5.74, 6) is -0.214. The van der Waals surface area contributed by atoms with Gasteiger partial charge in [0.15, 0.2) is 0 Å². The average Bonchev–Trinajstić information content (AvgIpc) is 2.87. The topological polar surface area (TPSA) is 28.7 Å². The van der Waals surface area contributed by atoms with Gasteiger partial charge in [-0.1, -0.05) is 45.0 Å². The van der Waals surface area contributed by atoms with Crippen LogP contribution in [0.15, 0.2) is 48.5 Å². The third kappa shape index (κ3) is 3.66. The van der Waals surface area contributed by atoms with Gasteiger partial charge in [-0.25, -0.2) is 4.39 Å². The first-order valence-corrected chi connectivity index (χ1v) is 9.17. The number of hydrogen-bond acceptors (Lipinski definition) is 1. The number of hydrogen-bond donors (Lipinski definition) is 0. The molecule has 0 aliphatic rings. The van der Waals surface area contributed by atoms with Gasteiger partial charge in [-0.05, 0) is 54.8 Å². The van der Waals surface area contributed by atoms with Gasteiger partial charge in [-0.15, -0.1) is 0 Å². The van der Waals surface area contributed by atoms with Crippen LogP contribution in [-0.4, -0.2) is 4.57 Å². The summed E-state index contributed by atoms with van der Waals surface area (Å²) in [4.78, 5) is 0. The third-order valence-electron chi connectivity index (χ3n) is 5.03. The Balaban J connectivity index is 2.17. The van der Waals surface area contributed by atoms with Crippen LogP contribution in [0.25, 0.3) is 11.1 Å². The number of nitrogens with zero attached hydrogens (tertiary/aromatic N) is 2. The summed E-state index contributed by atoms with van der Waals surface area (Å²) in [6, 6.07) is 16.7. The zero-order valence-electron chi connectivity index (χ0n) is 16.6. The number of nitriles is 1. The van der Waals surface area contributed by atoms with Crippen molar-refractivity contribution in [1.29, 1.82) is 5.26 Å². The molecule has 2 nitrogen and oxygen atoms in total. The van der Waals surface area contributed by atoms with Crippen molar-refractivity contribution >= 4 is 0 Å². The summed E-state index contributed by atoms with van der Waals surface area (Å²) in [6.07, 6.45) is 0. The van der Waals surface area contributed by atoms with Crippen molar-refractivity contribution in [2.45, 2.75) is 46.6 Å². The van der Waals surface area contributed by atoms with E-state index in [2.05, 4.69) is 45.3 Å². The average molecular weight is 360 g/mol. The van der Waals surface area contributed by atoms with E-state index in [9.17, 15) is 4.39 Å². The van der Waals surface area contributed by atoms with Crippen molar-refractivity contribution in [3.63, 3.8) is 0 Å². The van der Waals surface area contributed by atoms with E-state index >= 15 is 0 Å². The van der Waals surface area contributed by atoms with Crippen LogP contribution >= 0.6 is 0 Å². The van der Waals surface area contributed by atoms with E-state index in [0.29, 0.717) is 12.1 Å². The lowest BCUT2D eigenvalue weighted by molar-refractivity contribution is 0.523. The second-order valence-electron chi connectivity index (χ2n) is 8.09.